The maximum absolute atomic E-state index is 12.4. The van der Waals surface area contributed by atoms with Crippen LogP contribution in [-0.4, -0.2) is 42.1 Å². The minimum atomic E-state index is -4.40. The standard InChI is InChI=1S/C12H16F3N3O/c1-3-6-18(8-12(13,14)15)11(19)9-4-5-10(16-2)17-7-9/h4-5,7H,3,6,8H2,1-2H3,(H,16,17). The summed E-state index contributed by atoms with van der Waals surface area (Å²) in [6.45, 7) is 0.540. The lowest BCUT2D eigenvalue weighted by Gasteiger charge is -2.23. The van der Waals surface area contributed by atoms with Crippen LogP contribution in [0.3, 0.4) is 0 Å². The first-order chi connectivity index (χ1) is 8.87. The van der Waals surface area contributed by atoms with Crippen molar-refractivity contribution < 1.29 is 18.0 Å². The van der Waals surface area contributed by atoms with Crippen molar-refractivity contribution in [1.82, 2.24) is 9.88 Å². The van der Waals surface area contributed by atoms with Gasteiger partial charge in [0.05, 0.1) is 5.56 Å². The van der Waals surface area contributed by atoms with Crippen LogP contribution < -0.4 is 5.32 Å². The van der Waals surface area contributed by atoms with Gasteiger partial charge in [0.15, 0.2) is 0 Å². The molecular weight excluding hydrogens is 259 g/mol. The summed E-state index contributed by atoms with van der Waals surface area (Å²) in [5.41, 5.74) is 0.150. The topological polar surface area (TPSA) is 45.2 Å². The van der Waals surface area contributed by atoms with E-state index in [2.05, 4.69) is 10.3 Å². The quantitative estimate of drug-likeness (QED) is 0.898. The molecule has 0 aliphatic carbocycles. The molecular formula is C12H16F3N3O. The summed E-state index contributed by atoms with van der Waals surface area (Å²) in [4.78, 5) is 16.7. The average molecular weight is 275 g/mol. The van der Waals surface area contributed by atoms with E-state index in [1.165, 1.54) is 12.3 Å². The number of rotatable bonds is 5. The van der Waals surface area contributed by atoms with Gasteiger partial charge in [0, 0.05) is 19.8 Å². The lowest BCUT2D eigenvalue weighted by Crippen LogP contribution is -2.39. The molecule has 0 unspecified atom stereocenters. The number of nitrogens with zero attached hydrogens (tertiary/aromatic N) is 2. The van der Waals surface area contributed by atoms with Gasteiger partial charge in [0.1, 0.15) is 12.4 Å². The first-order valence-electron chi connectivity index (χ1n) is 5.87. The number of carbonyl (C=O) groups is 1. The second kappa shape index (κ2) is 6.40. The summed E-state index contributed by atoms with van der Waals surface area (Å²) in [6, 6.07) is 3.01. The Morgan fingerprint density at radius 1 is 1.42 bits per heavy atom. The fourth-order valence-electron chi connectivity index (χ4n) is 1.59. The van der Waals surface area contributed by atoms with Crippen molar-refractivity contribution in [3.05, 3.63) is 23.9 Å². The summed E-state index contributed by atoms with van der Waals surface area (Å²) >= 11 is 0. The molecule has 19 heavy (non-hydrogen) atoms. The molecule has 106 valence electrons. The Morgan fingerprint density at radius 3 is 2.53 bits per heavy atom. The van der Waals surface area contributed by atoms with Crippen LogP contribution in [0.2, 0.25) is 0 Å². The first kappa shape index (κ1) is 15.3. The highest BCUT2D eigenvalue weighted by Gasteiger charge is 2.33. The van der Waals surface area contributed by atoms with Crippen LogP contribution in [0, 0.1) is 0 Å². The van der Waals surface area contributed by atoms with E-state index >= 15 is 0 Å². The minimum Gasteiger partial charge on any atom is -0.373 e. The predicted molar refractivity (Wildman–Crippen MR) is 66.0 cm³/mol. The summed E-state index contributed by atoms with van der Waals surface area (Å²) in [6.07, 6.45) is -2.67. The van der Waals surface area contributed by atoms with Crippen LogP contribution in [-0.2, 0) is 0 Å². The molecule has 1 heterocycles. The first-order valence-corrected chi connectivity index (χ1v) is 5.87. The van der Waals surface area contributed by atoms with Gasteiger partial charge in [0.25, 0.3) is 5.91 Å². The van der Waals surface area contributed by atoms with Gasteiger partial charge in [-0.05, 0) is 18.6 Å². The fourth-order valence-corrected chi connectivity index (χ4v) is 1.59. The van der Waals surface area contributed by atoms with Gasteiger partial charge in [0.2, 0.25) is 0 Å². The normalized spacial score (nSPS) is 11.2. The lowest BCUT2D eigenvalue weighted by molar-refractivity contribution is -0.140. The largest absolute Gasteiger partial charge is 0.406 e. The molecule has 0 spiro atoms. The Hall–Kier alpha value is -1.79. The molecule has 0 aliphatic rings. The molecule has 1 N–H and O–H groups in total. The van der Waals surface area contributed by atoms with Crippen LogP contribution in [0.15, 0.2) is 18.3 Å². The molecule has 7 heteroatoms. The molecule has 0 fully saturated rings. The van der Waals surface area contributed by atoms with Gasteiger partial charge in [-0.3, -0.25) is 4.79 Å². The second-order valence-electron chi connectivity index (χ2n) is 4.02. The molecule has 1 rings (SSSR count). The second-order valence-corrected chi connectivity index (χ2v) is 4.02. The van der Waals surface area contributed by atoms with E-state index in [9.17, 15) is 18.0 Å². The molecule has 0 saturated heterocycles. The smallest absolute Gasteiger partial charge is 0.373 e. The van der Waals surface area contributed by atoms with Crippen molar-refractivity contribution in [1.29, 1.82) is 0 Å². The van der Waals surface area contributed by atoms with Crippen molar-refractivity contribution in [2.75, 3.05) is 25.5 Å². The van der Waals surface area contributed by atoms with E-state index in [1.807, 2.05) is 0 Å². The van der Waals surface area contributed by atoms with E-state index in [0.717, 1.165) is 4.90 Å². The SMILES string of the molecule is CCCN(CC(F)(F)F)C(=O)c1ccc(NC)nc1. The zero-order chi connectivity index (χ0) is 14.5. The fraction of sp³-hybridized carbons (Fsp3) is 0.500. The van der Waals surface area contributed by atoms with Crippen LogP contribution in [0.25, 0.3) is 0 Å². The number of amides is 1. The minimum absolute atomic E-state index is 0.0616. The number of aromatic nitrogens is 1. The highest BCUT2D eigenvalue weighted by Crippen LogP contribution is 2.18. The highest BCUT2D eigenvalue weighted by molar-refractivity contribution is 5.94. The van der Waals surface area contributed by atoms with Gasteiger partial charge >= 0.3 is 6.18 Å². The van der Waals surface area contributed by atoms with Crippen LogP contribution in [0.1, 0.15) is 23.7 Å². The third-order valence-corrected chi connectivity index (χ3v) is 2.42. The molecule has 0 atom stereocenters. The Labute approximate surface area is 109 Å². The van der Waals surface area contributed by atoms with E-state index in [-0.39, 0.29) is 12.1 Å². The molecule has 0 radical (unpaired) electrons. The third kappa shape index (κ3) is 4.76. The van der Waals surface area contributed by atoms with Crippen molar-refractivity contribution >= 4 is 11.7 Å². The molecule has 0 saturated carbocycles. The average Bonchev–Trinajstić information content (AvgIpc) is 2.36. The van der Waals surface area contributed by atoms with Crippen molar-refractivity contribution in [2.24, 2.45) is 0 Å². The van der Waals surface area contributed by atoms with Crippen LogP contribution >= 0.6 is 0 Å². The number of anilines is 1. The van der Waals surface area contributed by atoms with E-state index in [0.29, 0.717) is 12.2 Å². The lowest BCUT2D eigenvalue weighted by atomic mass is 10.2. The Morgan fingerprint density at radius 2 is 2.11 bits per heavy atom. The number of carbonyl (C=O) groups excluding carboxylic acids is 1. The molecule has 1 aromatic rings. The summed E-state index contributed by atoms with van der Waals surface area (Å²) in [7, 11) is 1.66. The summed E-state index contributed by atoms with van der Waals surface area (Å²) < 4.78 is 37.2. The van der Waals surface area contributed by atoms with Crippen molar-refractivity contribution in [2.45, 2.75) is 19.5 Å². The van der Waals surface area contributed by atoms with Crippen molar-refractivity contribution in [3.8, 4) is 0 Å². The Bertz CT molecular complexity index is 417. The van der Waals surface area contributed by atoms with Crippen LogP contribution in [0.5, 0.6) is 0 Å². The number of hydrogen-bond acceptors (Lipinski definition) is 3. The molecule has 4 nitrogen and oxygen atoms in total. The predicted octanol–water partition coefficient (Wildman–Crippen LogP) is 2.54. The van der Waals surface area contributed by atoms with Gasteiger partial charge in [-0.2, -0.15) is 13.2 Å². The van der Waals surface area contributed by atoms with Crippen molar-refractivity contribution in [3.63, 3.8) is 0 Å². The molecule has 1 amide bonds. The monoisotopic (exact) mass is 275 g/mol. The molecule has 0 aliphatic heterocycles. The molecule has 1 aromatic heterocycles. The Kier molecular flexibility index (Phi) is 5.14. The number of halogens is 3. The van der Waals surface area contributed by atoms with Gasteiger partial charge < -0.3 is 10.2 Å². The zero-order valence-corrected chi connectivity index (χ0v) is 10.8. The van der Waals surface area contributed by atoms with E-state index in [1.54, 1.807) is 20.0 Å². The molecule has 0 bridgehead atoms. The molecule has 0 aromatic carbocycles. The number of pyridine rings is 1. The summed E-state index contributed by atoms with van der Waals surface area (Å²) in [5.74, 6) is -0.108. The van der Waals surface area contributed by atoms with Crippen LogP contribution in [0.4, 0.5) is 19.0 Å². The zero-order valence-electron chi connectivity index (χ0n) is 10.8. The van der Waals surface area contributed by atoms with Gasteiger partial charge in [-0.1, -0.05) is 6.92 Å². The number of hydrogen-bond donors (Lipinski definition) is 1. The maximum atomic E-state index is 12.4. The number of nitrogens with one attached hydrogen (secondary N) is 1. The number of alkyl halides is 3. The Balaban J connectivity index is 2.85. The van der Waals surface area contributed by atoms with Gasteiger partial charge in [-0.15, -0.1) is 0 Å². The van der Waals surface area contributed by atoms with E-state index in [4.69, 9.17) is 0 Å². The maximum Gasteiger partial charge on any atom is 0.406 e. The van der Waals surface area contributed by atoms with E-state index < -0.39 is 18.6 Å². The van der Waals surface area contributed by atoms with Gasteiger partial charge in [-0.25, -0.2) is 4.98 Å². The summed E-state index contributed by atoms with van der Waals surface area (Å²) in [5, 5.41) is 2.77. The highest BCUT2D eigenvalue weighted by atomic mass is 19.4. The third-order valence-electron chi connectivity index (χ3n) is 2.42.